The van der Waals surface area contributed by atoms with E-state index in [1.807, 2.05) is 0 Å². The Balaban J connectivity index is 3.08. The van der Waals surface area contributed by atoms with Crippen molar-refractivity contribution in [3.05, 3.63) is 23.9 Å². The molecule has 0 radical (unpaired) electrons. The summed E-state index contributed by atoms with van der Waals surface area (Å²) in [5.41, 5.74) is 0.693. The minimum atomic E-state index is -3.39. The van der Waals surface area contributed by atoms with Crippen LogP contribution < -0.4 is 4.72 Å². The molecule has 0 aromatic carbocycles. The number of nitrogens with zero attached hydrogens (tertiary/aromatic N) is 1. The van der Waals surface area contributed by atoms with Crippen molar-refractivity contribution < 1.29 is 8.42 Å². The van der Waals surface area contributed by atoms with Gasteiger partial charge >= 0.3 is 0 Å². The van der Waals surface area contributed by atoms with E-state index in [-0.39, 0.29) is 5.03 Å². The molecule has 0 saturated carbocycles. The van der Waals surface area contributed by atoms with Crippen LogP contribution in [-0.4, -0.2) is 19.9 Å². The van der Waals surface area contributed by atoms with E-state index < -0.39 is 10.0 Å². The number of hydrogen-bond acceptors (Lipinski definition) is 3. The summed E-state index contributed by atoms with van der Waals surface area (Å²) in [5, 5.41) is 0.0781. The second kappa shape index (κ2) is 3.85. The van der Waals surface area contributed by atoms with E-state index in [0.29, 0.717) is 12.2 Å². The topological polar surface area (TPSA) is 59.1 Å². The molecule has 13 heavy (non-hydrogen) atoms. The lowest BCUT2D eigenvalue weighted by Crippen LogP contribution is -2.24. The van der Waals surface area contributed by atoms with Crippen molar-refractivity contribution in [2.75, 3.05) is 6.54 Å². The Morgan fingerprint density at radius 2 is 2.15 bits per heavy atom. The van der Waals surface area contributed by atoms with Gasteiger partial charge in [0.05, 0.1) is 0 Å². The van der Waals surface area contributed by atoms with Crippen LogP contribution in [0.25, 0.3) is 0 Å². The van der Waals surface area contributed by atoms with Crippen molar-refractivity contribution in [2.45, 2.75) is 18.9 Å². The van der Waals surface area contributed by atoms with Gasteiger partial charge in [0.1, 0.15) is 0 Å². The minimum absolute atomic E-state index is 0.0781. The second-order valence-electron chi connectivity index (χ2n) is 2.62. The molecule has 0 aliphatic rings. The van der Waals surface area contributed by atoms with Crippen molar-refractivity contribution in [3.8, 4) is 0 Å². The highest BCUT2D eigenvalue weighted by atomic mass is 32.2. The van der Waals surface area contributed by atoms with Crippen LogP contribution in [0.4, 0.5) is 0 Å². The molecule has 0 aliphatic carbocycles. The third-order valence-electron chi connectivity index (χ3n) is 1.47. The molecule has 0 spiro atoms. The molecule has 1 heterocycles. The van der Waals surface area contributed by atoms with Crippen molar-refractivity contribution in [1.82, 2.24) is 9.71 Å². The van der Waals surface area contributed by atoms with E-state index in [0.717, 1.165) is 0 Å². The predicted molar refractivity (Wildman–Crippen MR) is 49.8 cm³/mol. The third-order valence-corrected chi connectivity index (χ3v) is 2.92. The van der Waals surface area contributed by atoms with Crippen LogP contribution in [-0.2, 0) is 10.0 Å². The van der Waals surface area contributed by atoms with Gasteiger partial charge in [-0.3, -0.25) is 0 Å². The first kappa shape index (κ1) is 10.1. The summed E-state index contributed by atoms with van der Waals surface area (Å²) in [7, 11) is -3.39. The summed E-state index contributed by atoms with van der Waals surface area (Å²) < 4.78 is 25.2. The lowest BCUT2D eigenvalue weighted by Gasteiger charge is -2.03. The highest BCUT2D eigenvalue weighted by molar-refractivity contribution is 7.89. The van der Waals surface area contributed by atoms with Crippen LogP contribution in [0.15, 0.2) is 23.2 Å². The molecule has 0 atom stereocenters. The molecule has 1 N–H and O–H groups in total. The van der Waals surface area contributed by atoms with E-state index in [9.17, 15) is 8.42 Å². The van der Waals surface area contributed by atoms with Crippen molar-refractivity contribution in [3.63, 3.8) is 0 Å². The average Bonchev–Trinajstić information content (AvgIpc) is 2.04. The Labute approximate surface area is 78.1 Å². The van der Waals surface area contributed by atoms with Gasteiger partial charge in [0.2, 0.25) is 0 Å². The van der Waals surface area contributed by atoms with E-state index in [2.05, 4.69) is 9.71 Å². The summed E-state index contributed by atoms with van der Waals surface area (Å²) in [6.07, 6.45) is 0. The largest absolute Gasteiger partial charge is 0.258 e. The highest BCUT2D eigenvalue weighted by Gasteiger charge is 2.13. The summed E-state index contributed by atoms with van der Waals surface area (Å²) in [4.78, 5) is 3.91. The van der Waals surface area contributed by atoms with E-state index in [1.165, 1.54) is 6.07 Å². The Hall–Kier alpha value is -0.940. The van der Waals surface area contributed by atoms with Crippen LogP contribution in [0.1, 0.15) is 12.6 Å². The first-order chi connectivity index (χ1) is 6.06. The summed E-state index contributed by atoms with van der Waals surface area (Å²) in [6.45, 7) is 3.86. The molecule has 1 aromatic heterocycles. The maximum absolute atomic E-state index is 11.4. The molecule has 0 fully saturated rings. The molecular weight excluding hydrogens is 188 g/mol. The maximum atomic E-state index is 11.4. The van der Waals surface area contributed by atoms with Crippen molar-refractivity contribution in [2.24, 2.45) is 0 Å². The number of hydrogen-bond donors (Lipinski definition) is 1. The van der Waals surface area contributed by atoms with E-state index >= 15 is 0 Å². The van der Waals surface area contributed by atoms with Gasteiger partial charge in [-0.15, -0.1) is 0 Å². The van der Waals surface area contributed by atoms with Crippen LogP contribution in [0.5, 0.6) is 0 Å². The van der Waals surface area contributed by atoms with Gasteiger partial charge < -0.3 is 0 Å². The molecule has 0 aliphatic heterocycles. The fourth-order valence-electron chi connectivity index (χ4n) is 0.932. The van der Waals surface area contributed by atoms with Gasteiger partial charge in [-0.1, -0.05) is 13.0 Å². The number of aromatic nitrogens is 1. The predicted octanol–water partition coefficient (Wildman–Crippen LogP) is 0.688. The number of rotatable bonds is 3. The molecule has 4 nitrogen and oxygen atoms in total. The van der Waals surface area contributed by atoms with Gasteiger partial charge in [-0.05, 0) is 19.1 Å². The number of aryl methyl sites for hydroxylation is 1. The smallest absolute Gasteiger partial charge is 0.240 e. The fraction of sp³-hybridized carbons (Fsp3) is 0.375. The molecule has 1 rings (SSSR count). The minimum Gasteiger partial charge on any atom is -0.240 e. The molecule has 0 saturated heterocycles. The molecule has 0 amide bonds. The Morgan fingerprint density at radius 3 is 2.69 bits per heavy atom. The Kier molecular flexibility index (Phi) is 3.00. The molecule has 0 bridgehead atoms. The van der Waals surface area contributed by atoms with Crippen molar-refractivity contribution >= 4 is 10.0 Å². The maximum Gasteiger partial charge on any atom is 0.258 e. The molecule has 1 aromatic rings. The quantitative estimate of drug-likeness (QED) is 0.781. The average molecular weight is 200 g/mol. The SMILES string of the molecule is CCNS(=O)(=O)c1cccc(C)n1. The first-order valence-electron chi connectivity index (χ1n) is 3.99. The zero-order chi connectivity index (χ0) is 9.90. The molecular formula is C8H12N2O2S. The van der Waals surface area contributed by atoms with Gasteiger partial charge in [-0.2, -0.15) is 0 Å². The van der Waals surface area contributed by atoms with Gasteiger partial charge in [-0.25, -0.2) is 18.1 Å². The van der Waals surface area contributed by atoms with E-state index in [1.54, 1.807) is 26.0 Å². The zero-order valence-corrected chi connectivity index (χ0v) is 8.43. The van der Waals surface area contributed by atoms with Crippen LogP contribution in [0, 0.1) is 6.92 Å². The van der Waals surface area contributed by atoms with Gasteiger partial charge in [0.15, 0.2) is 5.03 Å². The van der Waals surface area contributed by atoms with Crippen LogP contribution in [0.3, 0.4) is 0 Å². The summed E-state index contributed by atoms with van der Waals surface area (Å²) >= 11 is 0. The van der Waals surface area contributed by atoms with Crippen LogP contribution >= 0.6 is 0 Å². The molecule has 72 valence electrons. The standard InChI is InChI=1S/C8H12N2O2S/c1-3-9-13(11,12)8-6-4-5-7(2)10-8/h4-6,9H,3H2,1-2H3. The molecule has 0 unspecified atom stereocenters. The van der Waals surface area contributed by atoms with Crippen molar-refractivity contribution in [1.29, 1.82) is 0 Å². The normalized spacial score (nSPS) is 11.5. The summed E-state index contributed by atoms with van der Waals surface area (Å²) in [5.74, 6) is 0. The number of pyridine rings is 1. The molecule has 5 heteroatoms. The fourth-order valence-corrected chi connectivity index (χ4v) is 1.98. The highest BCUT2D eigenvalue weighted by Crippen LogP contribution is 2.04. The monoisotopic (exact) mass is 200 g/mol. The zero-order valence-electron chi connectivity index (χ0n) is 7.61. The summed E-state index contributed by atoms with van der Waals surface area (Å²) in [6, 6.07) is 4.91. The lowest BCUT2D eigenvalue weighted by atomic mass is 10.4. The number of nitrogens with one attached hydrogen (secondary N) is 1. The van der Waals surface area contributed by atoms with Crippen LogP contribution in [0.2, 0.25) is 0 Å². The first-order valence-corrected chi connectivity index (χ1v) is 5.48. The second-order valence-corrected chi connectivity index (χ2v) is 4.33. The third kappa shape index (κ3) is 2.50. The van der Waals surface area contributed by atoms with Gasteiger partial charge in [0, 0.05) is 12.2 Å². The van der Waals surface area contributed by atoms with Gasteiger partial charge in [0.25, 0.3) is 10.0 Å². The number of sulfonamides is 1. The van der Waals surface area contributed by atoms with E-state index in [4.69, 9.17) is 0 Å². The lowest BCUT2D eigenvalue weighted by molar-refractivity contribution is 0.579. The Morgan fingerprint density at radius 1 is 1.46 bits per heavy atom. The Bertz CT molecular complexity index is 387.